The van der Waals surface area contributed by atoms with Gasteiger partial charge in [-0.15, -0.1) is 0 Å². The molecule has 0 saturated heterocycles. The number of H-pyrrole nitrogens is 1. The largest absolute Gasteiger partial charge is 0.255 e. The van der Waals surface area contributed by atoms with Gasteiger partial charge in [0.15, 0.2) is 0 Å². The molecule has 1 aromatic heterocycles. The van der Waals surface area contributed by atoms with Crippen molar-refractivity contribution in [3.63, 3.8) is 0 Å². The molecule has 0 aliphatic heterocycles. The maximum absolute atomic E-state index is 3.72. The summed E-state index contributed by atoms with van der Waals surface area (Å²) in [5, 5.41) is 0. The highest BCUT2D eigenvalue weighted by molar-refractivity contribution is 5.31. The van der Waals surface area contributed by atoms with Gasteiger partial charge in [-0.05, 0) is 36.8 Å². The molecule has 2 nitrogen and oxygen atoms in total. The van der Waals surface area contributed by atoms with E-state index in [1.165, 1.54) is 190 Å². The van der Waals surface area contributed by atoms with Gasteiger partial charge in [0.05, 0.1) is 13.0 Å². The van der Waals surface area contributed by atoms with E-state index in [-0.39, 0.29) is 5.41 Å². The van der Waals surface area contributed by atoms with Crippen LogP contribution < -0.4 is 4.57 Å². The number of aromatic nitrogens is 2. The van der Waals surface area contributed by atoms with Gasteiger partial charge in [0, 0.05) is 5.41 Å². The molecule has 0 fully saturated rings. The third-order valence-electron chi connectivity index (χ3n) is 11.4. The van der Waals surface area contributed by atoms with E-state index in [0.717, 1.165) is 19.4 Å². The maximum atomic E-state index is 3.72. The zero-order valence-electron chi connectivity index (χ0n) is 33.1. The Hall–Kier alpha value is -2.35. The first-order chi connectivity index (χ1) is 24.8. The summed E-state index contributed by atoms with van der Waals surface area (Å²) in [6.45, 7) is 5.74. The Labute approximate surface area is 310 Å². The second-order valence-corrected chi connectivity index (χ2v) is 15.8. The number of hydrogen-bond acceptors (Lipinski definition) is 0. The fourth-order valence-electron chi connectivity index (χ4n) is 8.23. The summed E-state index contributed by atoms with van der Waals surface area (Å²) >= 11 is 0. The molecule has 0 saturated carbocycles. The quantitative estimate of drug-likeness (QED) is 0.0487. The van der Waals surface area contributed by atoms with Crippen LogP contribution in [0.5, 0.6) is 0 Å². The first-order valence-electron chi connectivity index (χ1n) is 21.9. The molecule has 1 heterocycles. The van der Waals surface area contributed by atoms with Crippen molar-refractivity contribution in [1.29, 1.82) is 0 Å². The van der Waals surface area contributed by atoms with Crippen LogP contribution in [-0.2, 0) is 24.8 Å². The number of imidazole rings is 1. The summed E-state index contributed by atoms with van der Waals surface area (Å²) in [6.07, 6.45) is 44.5. The van der Waals surface area contributed by atoms with Gasteiger partial charge in [0.1, 0.15) is 12.4 Å². The Balaban J connectivity index is 1.47. The molecule has 1 N–H and O–H groups in total. The monoisotopic (exact) mass is 684 g/mol. The van der Waals surface area contributed by atoms with Gasteiger partial charge < -0.3 is 0 Å². The summed E-state index contributed by atoms with van der Waals surface area (Å²) in [5.41, 5.74) is 3.05. The lowest BCUT2D eigenvalue weighted by Gasteiger charge is -2.34. The molecule has 0 spiro atoms. The van der Waals surface area contributed by atoms with Crippen molar-refractivity contribution in [1.82, 2.24) is 4.98 Å². The number of nitrogens with zero attached hydrogens (tertiary/aromatic N) is 1. The van der Waals surface area contributed by atoms with Gasteiger partial charge in [0.2, 0.25) is 0 Å². The van der Waals surface area contributed by atoms with E-state index in [2.05, 4.69) is 96.5 Å². The molecule has 3 rings (SSSR count). The molecule has 3 aromatic rings. The molecule has 50 heavy (non-hydrogen) atoms. The van der Waals surface area contributed by atoms with Crippen LogP contribution in [0.3, 0.4) is 0 Å². The van der Waals surface area contributed by atoms with Gasteiger partial charge in [-0.1, -0.05) is 229 Å². The Bertz CT molecular complexity index is 1150. The fraction of sp³-hybridized carbons (Fsp3) is 0.688. The highest BCUT2D eigenvalue weighted by atomic mass is 15.1. The number of hydrogen-bond donors (Lipinski definition) is 1. The highest BCUT2D eigenvalue weighted by Gasteiger charge is 2.36. The van der Waals surface area contributed by atoms with Gasteiger partial charge in [-0.25, -0.2) is 9.55 Å². The third-order valence-corrected chi connectivity index (χ3v) is 11.4. The molecule has 0 bridgehead atoms. The Morgan fingerprint density at radius 3 is 1.36 bits per heavy atom. The molecular weight excluding hydrogens is 605 g/mol. The number of aromatic amines is 1. The van der Waals surface area contributed by atoms with Crippen molar-refractivity contribution in [3.05, 3.63) is 90.0 Å². The van der Waals surface area contributed by atoms with Crippen LogP contribution in [0, 0.1) is 0 Å². The Morgan fingerprint density at radius 1 is 0.460 bits per heavy atom. The van der Waals surface area contributed by atoms with Crippen LogP contribution in [0.25, 0.3) is 0 Å². The van der Waals surface area contributed by atoms with E-state index < -0.39 is 0 Å². The molecule has 1 atom stereocenters. The molecular formula is C48H79N2+. The van der Waals surface area contributed by atoms with Gasteiger partial charge >= 0.3 is 0 Å². The van der Waals surface area contributed by atoms with E-state index in [0.29, 0.717) is 0 Å². The minimum Gasteiger partial charge on any atom is -0.248 e. The van der Waals surface area contributed by atoms with Crippen molar-refractivity contribution < 1.29 is 4.57 Å². The first-order valence-corrected chi connectivity index (χ1v) is 21.9. The van der Waals surface area contributed by atoms with Crippen molar-refractivity contribution in [2.45, 2.75) is 212 Å². The van der Waals surface area contributed by atoms with Crippen LogP contribution in [0.15, 0.2) is 73.1 Å². The number of rotatable bonds is 33. The molecule has 0 amide bonds. The maximum Gasteiger partial charge on any atom is 0.255 e. The number of aryl methyl sites for hydroxylation is 1. The summed E-state index contributed by atoms with van der Waals surface area (Å²) < 4.78 is 2.54. The normalized spacial score (nSPS) is 12.8. The molecule has 0 aliphatic rings. The van der Waals surface area contributed by atoms with E-state index in [1.54, 1.807) is 0 Å². The van der Waals surface area contributed by atoms with Gasteiger partial charge in [-0.2, -0.15) is 0 Å². The number of nitrogens with one attached hydrogen (secondary N) is 1. The average Bonchev–Trinajstić information content (AvgIpc) is 3.59. The minimum absolute atomic E-state index is 0.0863. The Morgan fingerprint density at radius 2 is 0.880 bits per heavy atom. The summed E-state index contributed by atoms with van der Waals surface area (Å²) in [4.78, 5) is 3.72. The number of benzene rings is 2. The average molecular weight is 684 g/mol. The lowest BCUT2D eigenvalue weighted by atomic mass is 9.69. The molecule has 1 unspecified atom stereocenters. The lowest BCUT2D eigenvalue weighted by Crippen LogP contribution is -2.41. The van der Waals surface area contributed by atoms with E-state index in [4.69, 9.17) is 0 Å². The minimum atomic E-state index is 0.0863. The van der Waals surface area contributed by atoms with Crippen LogP contribution in [0.1, 0.15) is 204 Å². The topological polar surface area (TPSA) is 19.7 Å². The lowest BCUT2D eigenvalue weighted by molar-refractivity contribution is -0.703. The third kappa shape index (κ3) is 18.2. The standard InChI is InChI=1S/C48H78N2/c1-3-5-7-9-11-13-15-16-17-18-19-20-21-23-25-33-39-48(46-37-31-28-32-38-46,43-45-35-29-27-30-36-45)44-47-49-40-42-50(47)41-34-26-24-22-14-12-10-8-6-4-2/h27-32,35-38,40,42H,3-26,33-34,39,41,43-44H2,1-2H3/p+1. The molecule has 2 aromatic carbocycles. The van der Waals surface area contributed by atoms with E-state index in [9.17, 15) is 0 Å². The zero-order chi connectivity index (χ0) is 35.2. The van der Waals surface area contributed by atoms with Crippen molar-refractivity contribution in [2.24, 2.45) is 0 Å². The SMILES string of the molecule is CCCCCCCCCCCCCCCCCCC(Cc1ccccc1)(Cc1[nH]cc[n+]1CCCCCCCCCCCC)c1ccccc1. The summed E-state index contributed by atoms with van der Waals surface area (Å²) in [7, 11) is 0. The zero-order valence-corrected chi connectivity index (χ0v) is 33.1. The molecule has 2 heteroatoms. The number of unbranched alkanes of at least 4 members (excludes halogenated alkanes) is 24. The van der Waals surface area contributed by atoms with E-state index in [1.807, 2.05) is 0 Å². The molecule has 0 aliphatic carbocycles. The van der Waals surface area contributed by atoms with Crippen molar-refractivity contribution >= 4 is 0 Å². The molecule has 280 valence electrons. The summed E-state index contributed by atoms with van der Waals surface area (Å²) in [5.74, 6) is 1.40. The van der Waals surface area contributed by atoms with Crippen LogP contribution in [0.4, 0.5) is 0 Å². The van der Waals surface area contributed by atoms with Crippen LogP contribution in [0.2, 0.25) is 0 Å². The Kier molecular flexibility index (Phi) is 23.8. The molecule has 0 radical (unpaired) electrons. The predicted molar refractivity (Wildman–Crippen MR) is 219 cm³/mol. The van der Waals surface area contributed by atoms with Crippen molar-refractivity contribution in [3.8, 4) is 0 Å². The van der Waals surface area contributed by atoms with Crippen LogP contribution >= 0.6 is 0 Å². The summed E-state index contributed by atoms with van der Waals surface area (Å²) in [6, 6.07) is 22.8. The van der Waals surface area contributed by atoms with Gasteiger partial charge in [-0.3, -0.25) is 0 Å². The smallest absolute Gasteiger partial charge is 0.248 e. The highest BCUT2D eigenvalue weighted by Crippen LogP contribution is 2.37. The second-order valence-electron chi connectivity index (χ2n) is 15.8. The fourth-order valence-corrected chi connectivity index (χ4v) is 8.23. The predicted octanol–water partition coefficient (Wildman–Crippen LogP) is 14.6. The first kappa shape index (κ1) is 42.1. The van der Waals surface area contributed by atoms with E-state index >= 15 is 0 Å². The second kappa shape index (κ2) is 28.3. The van der Waals surface area contributed by atoms with Gasteiger partial charge in [0.25, 0.3) is 5.82 Å². The van der Waals surface area contributed by atoms with Crippen molar-refractivity contribution in [2.75, 3.05) is 0 Å². The van der Waals surface area contributed by atoms with Crippen LogP contribution in [-0.4, -0.2) is 4.98 Å².